The van der Waals surface area contributed by atoms with Crippen molar-refractivity contribution < 1.29 is 9.72 Å². The van der Waals surface area contributed by atoms with E-state index in [0.717, 1.165) is 29.8 Å². The molecule has 1 aromatic heterocycles. The van der Waals surface area contributed by atoms with Crippen molar-refractivity contribution in [3.05, 3.63) is 22.3 Å². The van der Waals surface area contributed by atoms with Crippen molar-refractivity contribution in [2.75, 3.05) is 6.61 Å². The van der Waals surface area contributed by atoms with Crippen LogP contribution in [0, 0.1) is 6.92 Å². The minimum atomic E-state index is 0.772. The molecule has 0 radical (unpaired) electrons. The lowest BCUT2D eigenvalue weighted by molar-refractivity contribution is -0.396. The highest BCUT2D eigenvalue weighted by molar-refractivity contribution is 9.10. The van der Waals surface area contributed by atoms with Gasteiger partial charge in [-0.15, -0.1) is 0 Å². The van der Waals surface area contributed by atoms with Crippen LogP contribution < -0.4 is 9.72 Å². The summed E-state index contributed by atoms with van der Waals surface area (Å²) in [5, 5.41) is 0. The van der Waals surface area contributed by atoms with Crippen LogP contribution in [0.2, 0.25) is 0 Å². The first kappa shape index (κ1) is 10.5. The number of aromatic amines is 1. The summed E-state index contributed by atoms with van der Waals surface area (Å²) in [6.45, 7) is 4.96. The Morgan fingerprint density at radius 2 is 2.31 bits per heavy atom. The lowest BCUT2D eigenvalue weighted by Crippen LogP contribution is -2.11. The maximum atomic E-state index is 5.53. The Morgan fingerprint density at radius 1 is 1.54 bits per heavy atom. The van der Waals surface area contributed by atoms with Gasteiger partial charge in [0.1, 0.15) is 4.47 Å². The largest absolute Gasteiger partial charge is 0.444 e. The van der Waals surface area contributed by atoms with Gasteiger partial charge in [-0.05, 0) is 35.3 Å². The Balaban J connectivity index is 2.56. The Kier molecular flexibility index (Phi) is 4.22. The van der Waals surface area contributed by atoms with Crippen molar-refractivity contribution in [3.63, 3.8) is 0 Å². The second-order valence-corrected chi connectivity index (χ2v) is 3.91. The molecule has 13 heavy (non-hydrogen) atoms. The molecule has 0 amide bonds. The first-order chi connectivity index (χ1) is 6.24. The lowest BCUT2D eigenvalue weighted by Gasteiger charge is -2.01. The normalized spacial score (nSPS) is 10.1. The van der Waals surface area contributed by atoms with Crippen molar-refractivity contribution in [2.24, 2.45) is 0 Å². The molecule has 0 atom stereocenters. The lowest BCUT2D eigenvalue weighted by atomic mass is 10.3. The molecule has 0 aromatic carbocycles. The number of ether oxygens (including phenoxy) is 1. The van der Waals surface area contributed by atoms with Crippen LogP contribution in [-0.2, 0) is 0 Å². The molecular formula is C10H15BrNO+. The Bertz CT molecular complexity index is 276. The van der Waals surface area contributed by atoms with E-state index < -0.39 is 0 Å². The van der Waals surface area contributed by atoms with E-state index in [2.05, 4.69) is 27.8 Å². The predicted octanol–water partition coefficient (Wildman–Crippen LogP) is 2.75. The van der Waals surface area contributed by atoms with Gasteiger partial charge in [-0.2, -0.15) is 4.98 Å². The molecule has 0 aliphatic heterocycles. The van der Waals surface area contributed by atoms with E-state index >= 15 is 0 Å². The second kappa shape index (κ2) is 5.22. The smallest absolute Gasteiger partial charge is 0.380 e. The van der Waals surface area contributed by atoms with Crippen molar-refractivity contribution in [2.45, 2.75) is 26.7 Å². The summed E-state index contributed by atoms with van der Waals surface area (Å²) in [5.74, 6) is 0.819. The SMILES string of the molecule is CCCCOc1[nH+]cc(C)cc1Br. The van der Waals surface area contributed by atoms with Crippen LogP contribution in [0.3, 0.4) is 0 Å². The van der Waals surface area contributed by atoms with E-state index in [-0.39, 0.29) is 0 Å². The number of halogens is 1. The Morgan fingerprint density at radius 3 is 2.92 bits per heavy atom. The third-order valence-corrected chi connectivity index (χ3v) is 2.34. The molecule has 72 valence electrons. The van der Waals surface area contributed by atoms with Gasteiger partial charge in [0.25, 0.3) is 0 Å². The number of unbranched alkanes of at least 4 members (excludes halogenated alkanes) is 1. The fraction of sp³-hybridized carbons (Fsp3) is 0.500. The van der Waals surface area contributed by atoms with Gasteiger partial charge >= 0.3 is 5.88 Å². The number of aryl methyl sites for hydroxylation is 1. The average molecular weight is 245 g/mol. The maximum Gasteiger partial charge on any atom is 0.380 e. The van der Waals surface area contributed by atoms with Crippen molar-refractivity contribution in [1.82, 2.24) is 0 Å². The van der Waals surface area contributed by atoms with Gasteiger partial charge in [-0.1, -0.05) is 13.3 Å². The predicted molar refractivity (Wildman–Crippen MR) is 55.8 cm³/mol. The summed E-state index contributed by atoms with van der Waals surface area (Å²) in [4.78, 5) is 3.09. The molecule has 2 nitrogen and oxygen atoms in total. The van der Waals surface area contributed by atoms with Gasteiger partial charge in [0.15, 0.2) is 6.20 Å². The second-order valence-electron chi connectivity index (χ2n) is 3.06. The van der Waals surface area contributed by atoms with Crippen LogP contribution in [0.1, 0.15) is 25.3 Å². The van der Waals surface area contributed by atoms with Crippen LogP contribution in [0.15, 0.2) is 16.7 Å². The van der Waals surface area contributed by atoms with E-state index in [9.17, 15) is 0 Å². The summed E-state index contributed by atoms with van der Waals surface area (Å²) in [7, 11) is 0. The van der Waals surface area contributed by atoms with Crippen LogP contribution in [0.25, 0.3) is 0 Å². The summed E-state index contributed by atoms with van der Waals surface area (Å²) >= 11 is 3.44. The zero-order valence-electron chi connectivity index (χ0n) is 8.06. The third-order valence-electron chi connectivity index (χ3n) is 1.75. The zero-order valence-corrected chi connectivity index (χ0v) is 9.65. The standard InChI is InChI=1S/C10H14BrNO/c1-3-4-5-13-10-9(11)6-8(2)7-12-10/h6-7H,3-5H2,1-2H3/p+1. The Labute approximate surface area is 87.5 Å². The van der Waals surface area contributed by atoms with Crippen molar-refractivity contribution >= 4 is 15.9 Å². The number of hydrogen-bond donors (Lipinski definition) is 0. The average Bonchev–Trinajstić information content (AvgIpc) is 2.09. The fourth-order valence-electron chi connectivity index (χ4n) is 0.985. The van der Waals surface area contributed by atoms with Crippen LogP contribution in [-0.4, -0.2) is 6.61 Å². The van der Waals surface area contributed by atoms with Gasteiger partial charge in [-0.25, -0.2) is 0 Å². The van der Waals surface area contributed by atoms with E-state index in [1.54, 1.807) is 0 Å². The highest BCUT2D eigenvalue weighted by Gasteiger charge is 2.08. The van der Waals surface area contributed by atoms with Crippen LogP contribution in [0.5, 0.6) is 5.88 Å². The van der Waals surface area contributed by atoms with Crippen molar-refractivity contribution in [1.29, 1.82) is 0 Å². The number of nitrogens with one attached hydrogen (secondary N) is 1. The van der Waals surface area contributed by atoms with Crippen molar-refractivity contribution in [3.8, 4) is 5.88 Å². The van der Waals surface area contributed by atoms with E-state index in [4.69, 9.17) is 4.74 Å². The summed E-state index contributed by atoms with van der Waals surface area (Å²) in [6.07, 6.45) is 4.18. The number of pyridine rings is 1. The first-order valence-electron chi connectivity index (χ1n) is 4.54. The molecule has 0 bridgehead atoms. The zero-order chi connectivity index (χ0) is 9.68. The topological polar surface area (TPSA) is 23.4 Å². The first-order valence-corrected chi connectivity index (χ1v) is 5.34. The van der Waals surface area contributed by atoms with E-state index in [1.807, 2.05) is 19.2 Å². The number of rotatable bonds is 4. The summed E-state index contributed by atoms with van der Waals surface area (Å²) < 4.78 is 6.52. The Hall–Kier alpha value is -0.570. The minimum Gasteiger partial charge on any atom is -0.444 e. The molecule has 1 aromatic rings. The molecule has 0 aliphatic rings. The highest BCUT2D eigenvalue weighted by Crippen LogP contribution is 2.19. The summed E-state index contributed by atoms with van der Waals surface area (Å²) in [6, 6.07) is 2.04. The molecule has 0 aliphatic carbocycles. The minimum absolute atomic E-state index is 0.772. The molecule has 0 saturated carbocycles. The monoisotopic (exact) mass is 244 g/mol. The molecule has 0 fully saturated rings. The molecule has 1 N–H and O–H groups in total. The third kappa shape index (κ3) is 3.35. The summed E-state index contributed by atoms with van der Waals surface area (Å²) in [5.41, 5.74) is 1.19. The molecule has 1 rings (SSSR count). The van der Waals surface area contributed by atoms with Crippen LogP contribution >= 0.6 is 15.9 Å². The van der Waals surface area contributed by atoms with Crippen LogP contribution in [0.4, 0.5) is 0 Å². The molecular weight excluding hydrogens is 230 g/mol. The number of H-pyrrole nitrogens is 1. The number of hydrogen-bond acceptors (Lipinski definition) is 1. The molecule has 0 saturated heterocycles. The fourth-order valence-corrected chi connectivity index (χ4v) is 1.57. The van der Waals surface area contributed by atoms with Gasteiger partial charge in [0.05, 0.1) is 6.61 Å². The van der Waals surface area contributed by atoms with Gasteiger partial charge < -0.3 is 4.74 Å². The maximum absolute atomic E-state index is 5.53. The van der Waals surface area contributed by atoms with Gasteiger partial charge in [0.2, 0.25) is 0 Å². The highest BCUT2D eigenvalue weighted by atomic mass is 79.9. The molecule has 0 spiro atoms. The number of aromatic nitrogens is 1. The van der Waals surface area contributed by atoms with E-state index in [1.165, 1.54) is 5.56 Å². The molecule has 3 heteroatoms. The quantitative estimate of drug-likeness (QED) is 0.748. The molecule has 1 heterocycles. The van der Waals surface area contributed by atoms with Gasteiger partial charge in [-0.3, -0.25) is 0 Å². The van der Waals surface area contributed by atoms with Gasteiger partial charge in [0, 0.05) is 5.56 Å². The molecule has 0 unspecified atom stereocenters. The van der Waals surface area contributed by atoms with E-state index in [0.29, 0.717) is 0 Å².